The molecule has 1 atom stereocenters. The average molecular weight is 385 g/mol. The van der Waals surface area contributed by atoms with Crippen LogP contribution in [-0.4, -0.2) is 74.9 Å². The molecule has 6 nitrogen and oxygen atoms in total. The standard InChI is InChI=1S/C17H24N2O4S2/c1-23-13-14-5-6-18(12-14)17(20)15-3-2-4-16(11-15)25(21,22)19-7-9-24-10-8-19/h2-4,11,14H,5-10,12-13H2,1H3/t14-/m0/s1. The van der Waals surface area contributed by atoms with E-state index in [1.165, 1.54) is 10.4 Å². The lowest BCUT2D eigenvalue weighted by Gasteiger charge is -2.26. The molecule has 1 aromatic carbocycles. The zero-order valence-electron chi connectivity index (χ0n) is 14.4. The summed E-state index contributed by atoms with van der Waals surface area (Å²) >= 11 is 1.76. The van der Waals surface area contributed by atoms with E-state index in [9.17, 15) is 13.2 Å². The lowest BCUT2D eigenvalue weighted by molar-refractivity contribution is 0.0775. The van der Waals surface area contributed by atoms with Gasteiger partial charge in [-0.3, -0.25) is 4.79 Å². The number of methoxy groups -OCH3 is 1. The molecule has 2 aliphatic rings. The van der Waals surface area contributed by atoms with Crippen molar-refractivity contribution < 1.29 is 17.9 Å². The number of likely N-dealkylation sites (tertiary alicyclic amines) is 1. The molecule has 2 saturated heterocycles. The summed E-state index contributed by atoms with van der Waals surface area (Å²) in [6.45, 7) is 3.04. The minimum Gasteiger partial charge on any atom is -0.384 e. The fourth-order valence-corrected chi connectivity index (χ4v) is 5.92. The number of sulfonamides is 1. The van der Waals surface area contributed by atoms with Crippen molar-refractivity contribution >= 4 is 27.7 Å². The maximum atomic E-state index is 12.8. The summed E-state index contributed by atoms with van der Waals surface area (Å²) in [6.07, 6.45) is 0.920. The van der Waals surface area contributed by atoms with Crippen LogP contribution in [0, 0.1) is 5.92 Å². The number of ether oxygens (including phenoxy) is 1. The summed E-state index contributed by atoms with van der Waals surface area (Å²) in [5.41, 5.74) is 0.436. The fourth-order valence-electron chi connectivity index (χ4n) is 3.30. The van der Waals surface area contributed by atoms with E-state index in [-0.39, 0.29) is 10.8 Å². The fraction of sp³-hybridized carbons (Fsp3) is 0.588. The number of carbonyl (C=O) groups excluding carboxylic acids is 1. The lowest BCUT2D eigenvalue weighted by Crippen LogP contribution is -2.38. The van der Waals surface area contributed by atoms with E-state index >= 15 is 0 Å². The van der Waals surface area contributed by atoms with Crippen LogP contribution in [0.2, 0.25) is 0 Å². The van der Waals surface area contributed by atoms with Crippen molar-refractivity contribution in [2.45, 2.75) is 11.3 Å². The van der Waals surface area contributed by atoms with Crippen LogP contribution in [0.1, 0.15) is 16.8 Å². The van der Waals surface area contributed by atoms with E-state index in [0.29, 0.717) is 44.3 Å². The van der Waals surface area contributed by atoms with Gasteiger partial charge < -0.3 is 9.64 Å². The Hall–Kier alpha value is -1.09. The number of carbonyl (C=O) groups is 1. The van der Waals surface area contributed by atoms with Crippen LogP contribution in [0.5, 0.6) is 0 Å². The second-order valence-corrected chi connectivity index (χ2v) is 9.57. The molecule has 0 aromatic heterocycles. The van der Waals surface area contributed by atoms with Crippen molar-refractivity contribution in [1.82, 2.24) is 9.21 Å². The van der Waals surface area contributed by atoms with Gasteiger partial charge in [0.25, 0.3) is 5.91 Å². The van der Waals surface area contributed by atoms with Gasteiger partial charge >= 0.3 is 0 Å². The van der Waals surface area contributed by atoms with E-state index in [4.69, 9.17) is 4.74 Å². The molecule has 138 valence electrons. The van der Waals surface area contributed by atoms with E-state index in [1.54, 1.807) is 42.0 Å². The highest BCUT2D eigenvalue weighted by Gasteiger charge is 2.29. The molecule has 0 unspecified atom stereocenters. The van der Waals surface area contributed by atoms with Gasteiger partial charge in [0.05, 0.1) is 11.5 Å². The van der Waals surface area contributed by atoms with E-state index < -0.39 is 10.0 Å². The highest BCUT2D eigenvalue weighted by atomic mass is 32.2. The first-order valence-corrected chi connectivity index (χ1v) is 11.1. The third kappa shape index (κ3) is 4.19. The van der Waals surface area contributed by atoms with Crippen LogP contribution in [-0.2, 0) is 14.8 Å². The molecule has 0 aliphatic carbocycles. The van der Waals surface area contributed by atoms with Crippen molar-refractivity contribution in [2.24, 2.45) is 5.92 Å². The largest absolute Gasteiger partial charge is 0.384 e. The lowest BCUT2D eigenvalue weighted by atomic mass is 10.1. The highest BCUT2D eigenvalue weighted by Crippen LogP contribution is 2.23. The molecule has 0 spiro atoms. The quantitative estimate of drug-likeness (QED) is 0.770. The summed E-state index contributed by atoms with van der Waals surface area (Å²) < 4.78 is 32.3. The number of thioether (sulfide) groups is 1. The Labute approximate surface area is 153 Å². The third-order valence-electron chi connectivity index (χ3n) is 4.66. The van der Waals surface area contributed by atoms with Gasteiger partial charge in [-0.2, -0.15) is 16.1 Å². The van der Waals surface area contributed by atoms with Crippen LogP contribution < -0.4 is 0 Å². The van der Waals surface area contributed by atoms with Crippen molar-refractivity contribution in [1.29, 1.82) is 0 Å². The minimum atomic E-state index is -3.53. The Balaban J connectivity index is 1.76. The number of rotatable bonds is 5. The first kappa shape index (κ1) is 18.7. The average Bonchev–Trinajstić information content (AvgIpc) is 3.11. The molecule has 0 bridgehead atoms. The zero-order chi connectivity index (χ0) is 17.9. The second kappa shape index (κ2) is 8.07. The Morgan fingerprint density at radius 3 is 2.76 bits per heavy atom. The van der Waals surface area contributed by atoms with Crippen molar-refractivity contribution in [3.63, 3.8) is 0 Å². The maximum Gasteiger partial charge on any atom is 0.253 e. The maximum absolute atomic E-state index is 12.8. The van der Waals surface area contributed by atoms with Gasteiger partial charge in [0.1, 0.15) is 0 Å². The number of benzene rings is 1. The summed E-state index contributed by atoms with van der Waals surface area (Å²) in [6, 6.07) is 6.44. The summed E-state index contributed by atoms with van der Waals surface area (Å²) in [4.78, 5) is 14.7. The van der Waals surface area contributed by atoms with Crippen molar-refractivity contribution in [3.8, 4) is 0 Å². The van der Waals surface area contributed by atoms with E-state index in [0.717, 1.165) is 17.9 Å². The first-order chi connectivity index (χ1) is 12.0. The van der Waals surface area contributed by atoms with E-state index in [2.05, 4.69) is 0 Å². The Bertz CT molecular complexity index is 717. The van der Waals surface area contributed by atoms with Crippen LogP contribution in [0.4, 0.5) is 0 Å². The molecule has 8 heteroatoms. The summed E-state index contributed by atoms with van der Waals surface area (Å²) in [5, 5.41) is 0. The number of hydrogen-bond acceptors (Lipinski definition) is 5. The Kier molecular flexibility index (Phi) is 6.04. The SMILES string of the molecule is COC[C@H]1CCN(C(=O)c2cccc(S(=O)(=O)N3CCSCC3)c2)C1. The van der Waals surface area contributed by atoms with Crippen LogP contribution in [0.15, 0.2) is 29.2 Å². The minimum absolute atomic E-state index is 0.107. The van der Waals surface area contributed by atoms with Crippen LogP contribution >= 0.6 is 11.8 Å². The van der Waals surface area contributed by atoms with Gasteiger partial charge in [0.15, 0.2) is 0 Å². The Morgan fingerprint density at radius 2 is 2.04 bits per heavy atom. The molecule has 2 heterocycles. The molecule has 25 heavy (non-hydrogen) atoms. The number of hydrogen-bond donors (Lipinski definition) is 0. The molecule has 2 fully saturated rings. The van der Waals surface area contributed by atoms with Gasteiger partial charge in [-0.15, -0.1) is 0 Å². The monoisotopic (exact) mass is 384 g/mol. The number of amides is 1. The zero-order valence-corrected chi connectivity index (χ0v) is 16.0. The van der Waals surface area contributed by atoms with Gasteiger partial charge in [-0.05, 0) is 24.6 Å². The van der Waals surface area contributed by atoms with E-state index in [1.807, 2.05) is 0 Å². The van der Waals surface area contributed by atoms with Gasteiger partial charge in [0, 0.05) is 56.3 Å². The third-order valence-corrected chi connectivity index (χ3v) is 7.50. The molecule has 3 rings (SSSR count). The summed E-state index contributed by atoms with van der Waals surface area (Å²) in [5.74, 6) is 1.87. The van der Waals surface area contributed by atoms with Crippen molar-refractivity contribution in [2.75, 3.05) is 51.4 Å². The molecule has 2 aliphatic heterocycles. The molecular weight excluding hydrogens is 360 g/mol. The number of nitrogens with zero attached hydrogens (tertiary/aromatic N) is 2. The van der Waals surface area contributed by atoms with Crippen LogP contribution in [0.3, 0.4) is 0 Å². The van der Waals surface area contributed by atoms with Gasteiger partial charge in [0.2, 0.25) is 10.0 Å². The normalized spacial score (nSPS) is 22.3. The van der Waals surface area contributed by atoms with Crippen molar-refractivity contribution in [3.05, 3.63) is 29.8 Å². The molecular formula is C17H24N2O4S2. The van der Waals surface area contributed by atoms with Gasteiger partial charge in [-0.25, -0.2) is 8.42 Å². The molecule has 1 amide bonds. The topological polar surface area (TPSA) is 66.9 Å². The van der Waals surface area contributed by atoms with Gasteiger partial charge in [-0.1, -0.05) is 6.07 Å². The molecule has 1 aromatic rings. The highest BCUT2D eigenvalue weighted by molar-refractivity contribution is 7.99. The second-order valence-electron chi connectivity index (χ2n) is 6.41. The smallest absolute Gasteiger partial charge is 0.253 e. The summed E-state index contributed by atoms with van der Waals surface area (Å²) in [7, 11) is -1.87. The molecule has 0 radical (unpaired) electrons. The predicted octanol–water partition coefficient (Wildman–Crippen LogP) is 1.53. The first-order valence-electron chi connectivity index (χ1n) is 8.48. The Morgan fingerprint density at radius 1 is 1.28 bits per heavy atom. The predicted molar refractivity (Wildman–Crippen MR) is 98.4 cm³/mol. The molecule has 0 N–H and O–H groups in total. The van der Waals surface area contributed by atoms with Crippen LogP contribution in [0.25, 0.3) is 0 Å². The molecule has 0 saturated carbocycles.